The van der Waals surface area contributed by atoms with E-state index in [9.17, 15) is 14.4 Å². The van der Waals surface area contributed by atoms with Crippen molar-refractivity contribution in [2.45, 2.75) is 245 Å². The van der Waals surface area contributed by atoms with Gasteiger partial charge in [0.2, 0.25) is 0 Å². The van der Waals surface area contributed by atoms with Gasteiger partial charge in [0.05, 0.1) is 0 Å². The second-order valence-corrected chi connectivity index (χ2v) is 16.5. The topological polar surface area (TPSA) is 78.9 Å². The summed E-state index contributed by atoms with van der Waals surface area (Å²) in [4.78, 5) is 37.8. The summed E-state index contributed by atoms with van der Waals surface area (Å²) >= 11 is 0. The summed E-state index contributed by atoms with van der Waals surface area (Å²) in [5.74, 6) is -0.920. The van der Waals surface area contributed by atoms with E-state index in [-0.39, 0.29) is 31.1 Å². The van der Waals surface area contributed by atoms with Crippen molar-refractivity contribution in [3.8, 4) is 0 Å². The maximum absolute atomic E-state index is 12.7. The quantitative estimate of drug-likeness (QED) is 0.0200. The van der Waals surface area contributed by atoms with Gasteiger partial charge in [0.1, 0.15) is 13.2 Å². The molecule has 6 nitrogen and oxygen atoms in total. The van der Waals surface area contributed by atoms with Crippen LogP contribution in [0.4, 0.5) is 0 Å². The maximum Gasteiger partial charge on any atom is 0.306 e. The number of allylic oxidation sites excluding steroid dienone is 10. The van der Waals surface area contributed by atoms with Crippen molar-refractivity contribution in [1.29, 1.82) is 0 Å². The molecule has 0 aliphatic heterocycles. The van der Waals surface area contributed by atoms with Gasteiger partial charge in [-0.25, -0.2) is 0 Å². The van der Waals surface area contributed by atoms with Gasteiger partial charge in [-0.05, 0) is 64.2 Å². The number of hydrogen-bond donors (Lipinski definition) is 0. The molecule has 0 rings (SSSR count). The molecule has 1 unspecified atom stereocenters. The molecule has 0 fully saturated rings. The summed E-state index contributed by atoms with van der Waals surface area (Å²) in [6, 6.07) is 0. The number of ether oxygens (including phenoxy) is 3. The molecule has 0 heterocycles. The van der Waals surface area contributed by atoms with Crippen LogP contribution in [0.15, 0.2) is 60.8 Å². The van der Waals surface area contributed by atoms with Crippen molar-refractivity contribution in [3.63, 3.8) is 0 Å². The molecule has 0 aromatic rings. The van der Waals surface area contributed by atoms with Crippen molar-refractivity contribution >= 4 is 17.9 Å². The lowest BCUT2D eigenvalue weighted by atomic mass is 10.0. The summed E-state index contributed by atoms with van der Waals surface area (Å²) in [5, 5.41) is 0. The molecular formula is C53H92O6. The highest BCUT2D eigenvalue weighted by molar-refractivity contribution is 5.71. The van der Waals surface area contributed by atoms with Crippen molar-refractivity contribution in [2.24, 2.45) is 0 Å². The molecule has 59 heavy (non-hydrogen) atoms. The normalized spacial score (nSPS) is 12.5. The van der Waals surface area contributed by atoms with Crippen LogP contribution in [-0.2, 0) is 28.6 Å². The van der Waals surface area contributed by atoms with E-state index in [0.717, 1.165) is 103 Å². The minimum absolute atomic E-state index is 0.0868. The molecule has 0 spiro atoms. The summed E-state index contributed by atoms with van der Waals surface area (Å²) in [6.07, 6.45) is 57.7. The SMILES string of the molecule is CCCC/C=C\CCCCCCC(=O)OCC(COC(=O)CCCCCCC\C=C/C=C\C=C/C=C\CCCCC)OC(=O)CCCCCCCCCCCCCCC. The third-order valence-corrected chi connectivity index (χ3v) is 10.6. The van der Waals surface area contributed by atoms with Crippen LogP contribution in [0, 0.1) is 0 Å². The third-order valence-electron chi connectivity index (χ3n) is 10.6. The fourth-order valence-electron chi connectivity index (χ4n) is 6.79. The van der Waals surface area contributed by atoms with Crippen LogP contribution in [0.5, 0.6) is 0 Å². The zero-order valence-electron chi connectivity index (χ0n) is 38.8. The predicted molar refractivity (Wildman–Crippen MR) is 251 cm³/mol. The minimum atomic E-state index is -0.784. The third kappa shape index (κ3) is 46.0. The summed E-state index contributed by atoms with van der Waals surface area (Å²) in [7, 11) is 0. The van der Waals surface area contributed by atoms with Crippen LogP contribution < -0.4 is 0 Å². The van der Waals surface area contributed by atoms with Gasteiger partial charge in [-0.2, -0.15) is 0 Å². The number of carbonyl (C=O) groups is 3. The number of hydrogen-bond acceptors (Lipinski definition) is 6. The molecule has 0 amide bonds. The van der Waals surface area contributed by atoms with Crippen LogP contribution >= 0.6 is 0 Å². The zero-order valence-corrected chi connectivity index (χ0v) is 38.8. The van der Waals surface area contributed by atoms with Gasteiger partial charge in [-0.3, -0.25) is 14.4 Å². The van der Waals surface area contributed by atoms with E-state index in [1.54, 1.807) is 0 Å². The van der Waals surface area contributed by atoms with Crippen LogP contribution in [0.2, 0.25) is 0 Å². The molecule has 0 aliphatic carbocycles. The first-order chi connectivity index (χ1) is 29.0. The monoisotopic (exact) mass is 825 g/mol. The van der Waals surface area contributed by atoms with E-state index in [1.807, 2.05) is 0 Å². The van der Waals surface area contributed by atoms with Crippen LogP contribution in [0.3, 0.4) is 0 Å². The molecular weight excluding hydrogens is 733 g/mol. The molecule has 0 aromatic heterocycles. The van der Waals surface area contributed by atoms with E-state index in [4.69, 9.17) is 14.2 Å². The van der Waals surface area contributed by atoms with Crippen molar-refractivity contribution in [2.75, 3.05) is 13.2 Å². The zero-order chi connectivity index (χ0) is 43.0. The Morgan fingerprint density at radius 2 is 0.644 bits per heavy atom. The smallest absolute Gasteiger partial charge is 0.306 e. The highest BCUT2D eigenvalue weighted by Crippen LogP contribution is 2.15. The fourth-order valence-corrected chi connectivity index (χ4v) is 6.79. The van der Waals surface area contributed by atoms with Crippen LogP contribution in [0.25, 0.3) is 0 Å². The minimum Gasteiger partial charge on any atom is -0.462 e. The summed E-state index contributed by atoms with van der Waals surface area (Å²) in [6.45, 7) is 6.52. The van der Waals surface area contributed by atoms with Gasteiger partial charge >= 0.3 is 17.9 Å². The van der Waals surface area contributed by atoms with Crippen LogP contribution in [-0.4, -0.2) is 37.2 Å². The second-order valence-electron chi connectivity index (χ2n) is 16.5. The molecule has 0 bridgehead atoms. The van der Waals surface area contributed by atoms with Gasteiger partial charge in [-0.15, -0.1) is 0 Å². The predicted octanol–water partition coefficient (Wildman–Crippen LogP) is 16.1. The molecule has 6 heteroatoms. The number of rotatable bonds is 44. The second kappa shape index (κ2) is 47.8. The Bertz CT molecular complexity index is 1090. The first-order valence-corrected chi connectivity index (χ1v) is 24.8. The molecule has 0 aromatic carbocycles. The van der Waals surface area contributed by atoms with Crippen molar-refractivity contribution in [3.05, 3.63) is 60.8 Å². The van der Waals surface area contributed by atoms with Gasteiger partial charge in [0, 0.05) is 19.3 Å². The van der Waals surface area contributed by atoms with E-state index < -0.39 is 6.10 Å². The summed E-state index contributed by atoms with van der Waals surface area (Å²) in [5.41, 5.74) is 0. The van der Waals surface area contributed by atoms with E-state index in [2.05, 4.69) is 81.5 Å². The Kier molecular flexibility index (Phi) is 45.4. The average molecular weight is 825 g/mol. The fraction of sp³-hybridized carbons (Fsp3) is 0.755. The van der Waals surface area contributed by atoms with Gasteiger partial charge in [0.15, 0.2) is 6.10 Å². The lowest BCUT2D eigenvalue weighted by molar-refractivity contribution is -0.167. The Balaban J connectivity index is 4.40. The Labute approximate surface area is 364 Å². The molecule has 0 saturated heterocycles. The van der Waals surface area contributed by atoms with Gasteiger partial charge < -0.3 is 14.2 Å². The Morgan fingerprint density at radius 1 is 0.339 bits per heavy atom. The van der Waals surface area contributed by atoms with Crippen molar-refractivity contribution in [1.82, 2.24) is 0 Å². The summed E-state index contributed by atoms with van der Waals surface area (Å²) < 4.78 is 16.7. The number of carbonyl (C=O) groups excluding carboxylic acids is 3. The Hall–Kier alpha value is -2.89. The van der Waals surface area contributed by atoms with E-state index in [0.29, 0.717) is 19.3 Å². The molecule has 0 radical (unpaired) electrons. The van der Waals surface area contributed by atoms with Gasteiger partial charge in [0.25, 0.3) is 0 Å². The standard InChI is InChI=1S/C53H92O6/c1-4-7-10-13-16-19-22-24-25-26-27-28-30-31-34-37-40-43-46-52(55)58-49-50(48-57-51(54)45-42-39-36-33-21-18-15-12-9-6-3)59-53(56)47-44-41-38-35-32-29-23-20-17-14-11-8-5-2/h15-16,18-19,22,24-28,50H,4-14,17,20-21,23,29-49H2,1-3H3/b18-15-,19-16-,24-22-,26-25-,28-27-. The molecule has 340 valence electrons. The van der Waals surface area contributed by atoms with E-state index >= 15 is 0 Å². The van der Waals surface area contributed by atoms with Crippen LogP contribution in [0.1, 0.15) is 239 Å². The van der Waals surface area contributed by atoms with Crippen molar-refractivity contribution < 1.29 is 28.6 Å². The molecule has 0 aliphatic rings. The first-order valence-electron chi connectivity index (χ1n) is 24.8. The lowest BCUT2D eigenvalue weighted by Gasteiger charge is -2.18. The average Bonchev–Trinajstić information content (AvgIpc) is 3.23. The molecule has 1 atom stereocenters. The Morgan fingerprint density at radius 3 is 1.08 bits per heavy atom. The number of esters is 3. The highest BCUT2D eigenvalue weighted by atomic mass is 16.6. The maximum atomic E-state index is 12.7. The first kappa shape index (κ1) is 56.1. The van der Waals surface area contributed by atoms with E-state index in [1.165, 1.54) is 96.3 Å². The highest BCUT2D eigenvalue weighted by Gasteiger charge is 2.19. The molecule has 0 saturated carbocycles. The molecule has 0 N–H and O–H groups in total. The largest absolute Gasteiger partial charge is 0.462 e. The van der Waals surface area contributed by atoms with Gasteiger partial charge in [-0.1, -0.05) is 216 Å². The lowest BCUT2D eigenvalue weighted by Crippen LogP contribution is -2.30. The number of unbranched alkanes of at least 4 members (excludes halogenated alkanes) is 26.